The van der Waals surface area contributed by atoms with Crippen molar-refractivity contribution in [3.05, 3.63) is 273 Å². The van der Waals surface area contributed by atoms with Gasteiger partial charge in [-0.05, 0) is 105 Å². The first-order valence-electron chi connectivity index (χ1n) is 24.2. The Hall–Kier alpha value is -8.96. The van der Waals surface area contributed by atoms with Gasteiger partial charge in [0.2, 0.25) is 0 Å². The van der Waals surface area contributed by atoms with Crippen LogP contribution in [-0.4, -0.2) is 21.8 Å². The van der Waals surface area contributed by atoms with E-state index in [0.29, 0.717) is 0 Å². The number of aromatic nitrogens is 3. The molecule has 0 fully saturated rings. The number of rotatable bonds is 8. The SMILES string of the molecule is c1ccc(-c2ccc3c(c2)c2ccccc2n3-c2ccc3c(c2)c2ccccc2n3-c2cccc3c2c2ccccc2n3-c2ccc([Si](c3ccccc3)(c3ccccc3)c3ccccc3)cc2)cc1. The van der Waals surface area contributed by atoms with Gasteiger partial charge in [-0.3, -0.25) is 0 Å². The van der Waals surface area contributed by atoms with Gasteiger partial charge in [-0.2, -0.15) is 0 Å². The number of nitrogens with zero attached hydrogens (tertiary/aromatic N) is 3. The van der Waals surface area contributed by atoms with E-state index in [9.17, 15) is 0 Å². The van der Waals surface area contributed by atoms with E-state index in [-0.39, 0.29) is 0 Å². The molecule has 0 amide bonds. The lowest BCUT2D eigenvalue weighted by molar-refractivity contribution is 1.16. The molecule has 14 aromatic rings. The molecule has 0 saturated heterocycles. The number of para-hydroxylation sites is 3. The molecule has 70 heavy (non-hydrogen) atoms. The molecule has 328 valence electrons. The lowest BCUT2D eigenvalue weighted by Crippen LogP contribution is -2.74. The summed E-state index contributed by atoms with van der Waals surface area (Å²) in [5.74, 6) is 0. The van der Waals surface area contributed by atoms with Gasteiger partial charge in [-0.1, -0.05) is 200 Å². The monoisotopic (exact) mass is 907 g/mol. The Bertz CT molecular complexity index is 4170. The maximum absolute atomic E-state index is 2.69. The molecule has 0 N–H and O–H groups in total. The molecule has 0 aliphatic rings. The van der Waals surface area contributed by atoms with Crippen molar-refractivity contribution in [2.24, 2.45) is 0 Å². The summed E-state index contributed by atoms with van der Waals surface area (Å²) in [4.78, 5) is 0. The minimum absolute atomic E-state index is 1.14. The molecule has 0 saturated carbocycles. The number of hydrogen-bond donors (Lipinski definition) is 0. The van der Waals surface area contributed by atoms with Crippen LogP contribution in [0, 0.1) is 0 Å². The summed E-state index contributed by atoms with van der Waals surface area (Å²) in [5.41, 5.74) is 13.0. The maximum Gasteiger partial charge on any atom is 0.179 e. The summed E-state index contributed by atoms with van der Waals surface area (Å²) < 4.78 is 7.40. The van der Waals surface area contributed by atoms with Crippen LogP contribution in [0.15, 0.2) is 273 Å². The van der Waals surface area contributed by atoms with E-state index >= 15 is 0 Å². The Labute approximate surface area is 407 Å². The van der Waals surface area contributed by atoms with Gasteiger partial charge in [-0.25, -0.2) is 0 Å². The van der Waals surface area contributed by atoms with Crippen LogP contribution in [0.25, 0.3) is 93.6 Å². The first kappa shape index (κ1) is 40.1. The molecule has 0 spiro atoms. The smallest absolute Gasteiger partial charge is 0.179 e. The average molecular weight is 908 g/mol. The molecule has 4 heteroatoms. The lowest BCUT2D eigenvalue weighted by Gasteiger charge is -2.34. The second kappa shape index (κ2) is 16.1. The molecule has 3 nitrogen and oxygen atoms in total. The Balaban J connectivity index is 0.949. The van der Waals surface area contributed by atoms with Crippen LogP contribution in [0.4, 0.5) is 0 Å². The van der Waals surface area contributed by atoms with E-state index < -0.39 is 8.07 Å². The molecule has 0 atom stereocenters. The summed E-state index contributed by atoms with van der Waals surface area (Å²) in [5, 5.41) is 12.9. The normalized spacial score (nSPS) is 12.0. The van der Waals surface area contributed by atoms with Gasteiger partial charge < -0.3 is 13.7 Å². The van der Waals surface area contributed by atoms with E-state index in [1.54, 1.807) is 0 Å². The highest BCUT2D eigenvalue weighted by molar-refractivity contribution is 7.19. The lowest BCUT2D eigenvalue weighted by atomic mass is 10.0. The van der Waals surface area contributed by atoms with E-state index in [4.69, 9.17) is 0 Å². The third kappa shape index (κ3) is 6.00. The number of benzene rings is 11. The predicted molar refractivity (Wildman–Crippen MR) is 299 cm³/mol. The summed E-state index contributed by atoms with van der Waals surface area (Å²) in [6, 6.07) is 101. The zero-order valence-electron chi connectivity index (χ0n) is 38.3. The topological polar surface area (TPSA) is 14.8 Å². The van der Waals surface area contributed by atoms with Gasteiger partial charge in [-0.15, -0.1) is 0 Å². The van der Waals surface area contributed by atoms with Gasteiger partial charge in [0, 0.05) is 43.7 Å². The van der Waals surface area contributed by atoms with Crippen LogP contribution in [0.2, 0.25) is 0 Å². The van der Waals surface area contributed by atoms with E-state index in [1.807, 2.05) is 0 Å². The van der Waals surface area contributed by atoms with Crippen LogP contribution in [0.1, 0.15) is 0 Å². The van der Waals surface area contributed by atoms with E-state index in [0.717, 1.165) is 17.1 Å². The molecule has 0 unspecified atom stereocenters. The van der Waals surface area contributed by atoms with Crippen molar-refractivity contribution in [2.75, 3.05) is 0 Å². The molecule has 0 aliphatic heterocycles. The van der Waals surface area contributed by atoms with Crippen LogP contribution >= 0.6 is 0 Å². The van der Waals surface area contributed by atoms with Crippen molar-refractivity contribution < 1.29 is 0 Å². The Kier molecular flexibility index (Phi) is 9.23. The molecular formula is C66H45N3Si. The fourth-order valence-corrected chi connectivity index (χ4v) is 16.6. The van der Waals surface area contributed by atoms with E-state index in [1.165, 1.54) is 97.3 Å². The first-order chi connectivity index (χ1) is 34.8. The summed E-state index contributed by atoms with van der Waals surface area (Å²) >= 11 is 0. The van der Waals surface area contributed by atoms with Crippen LogP contribution in [-0.2, 0) is 0 Å². The molecule has 0 radical (unpaired) electrons. The largest absolute Gasteiger partial charge is 0.309 e. The summed E-state index contributed by atoms with van der Waals surface area (Å²) in [6.07, 6.45) is 0. The van der Waals surface area contributed by atoms with Crippen molar-refractivity contribution in [1.82, 2.24) is 13.7 Å². The molecule has 3 heterocycles. The fourth-order valence-electron chi connectivity index (χ4n) is 11.8. The standard InChI is InChI=1S/C66H45N3Si/c1-5-20-46(21-6-1)47-36-42-62-57(44-47)54-28-13-16-31-59(54)68(62)49-39-43-63-58(45-49)55-29-14-17-32-60(55)69(63)65-35-19-34-64-66(65)56-30-15-18-33-61(56)67(64)48-37-40-53(41-38-48)70(50-22-7-2-8-23-50,51-24-9-3-10-25-51)52-26-11-4-12-27-52/h1-45H. The average Bonchev–Trinajstić information content (AvgIpc) is 4.08. The second-order valence-corrected chi connectivity index (χ2v) is 22.2. The number of fused-ring (bicyclic) bond motifs is 9. The van der Waals surface area contributed by atoms with Gasteiger partial charge in [0.1, 0.15) is 0 Å². The number of hydrogen-bond acceptors (Lipinski definition) is 0. The quantitative estimate of drug-likeness (QED) is 0.107. The Morgan fingerprint density at radius 2 is 0.643 bits per heavy atom. The van der Waals surface area contributed by atoms with Crippen molar-refractivity contribution in [3.63, 3.8) is 0 Å². The minimum atomic E-state index is -2.69. The Morgan fingerprint density at radius 1 is 0.229 bits per heavy atom. The third-order valence-electron chi connectivity index (χ3n) is 14.8. The third-order valence-corrected chi connectivity index (χ3v) is 19.6. The highest BCUT2D eigenvalue weighted by Gasteiger charge is 2.41. The van der Waals surface area contributed by atoms with Crippen molar-refractivity contribution in [2.45, 2.75) is 0 Å². The summed E-state index contributed by atoms with van der Waals surface area (Å²) in [6.45, 7) is 0. The molecular weight excluding hydrogens is 863 g/mol. The summed E-state index contributed by atoms with van der Waals surface area (Å²) in [7, 11) is -2.69. The molecule has 0 bridgehead atoms. The van der Waals surface area contributed by atoms with Crippen LogP contribution < -0.4 is 20.7 Å². The molecule has 14 rings (SSSR count). The molecule has 3 aromatic heterocycles. The highest BCUT2D eigenvalue weighted by Crippen LogP contribution is 2.42. The van der Waals surface area contributed by atoms with Crippen molar-refractivity contribution in [1.29, 1.82) is 0 Å². The van der Waals surface area contributed by atoms with Crippen LogP contribution in [0.3, 0.4) is 0 Å². The van der Waals surface area contributed by atoms with Gasteiger partial charge >= 0.3 is 0 Å². The van der Waals surface area contributed by atoms with Gasteiger partial charge in [0.05, 0.1) is 38.8 Å². The van der Waals surface area contributed by atoms with Crippen LogP contribution in [0.5, 0.6) is 0 Å². The zero-order valence-corrected chi connectivity index (χ0v) is 39.3. The van der Waals surface area contributed by atoms with Crippen molar-refractivity contribution in [3.8, 4) is 28.2 Å². The second-order valence-electron chi connectivity index (χ2n) is 18.4. The predicted octanol–water partition coefficient (Wildman–Crippen LogP) is 14.0. The molecule has 11 aromatic carbocycles. The van der Waals surface area contributed by atoms with Gasteiger partial charge in [0.15, 0.2) is 8.07 Å². The fraction of sp³-hybridized carbons (Fsp3) is 0. The minimum Gasteiger partial charge on any atom is -0.309 e. The van der Waals surface area contributed by atoms with E-state index in [2.05, 4.69) is 287 Å². The molecule has 0 aliphatic carbocycles. The zero-order chi connectivity index (χ0) is 46.2. The van der Waals surface area contributed by atoms with Gasteiger partial charge in [0.25, 0.3) is 0 Å². The Morgan fingerprint density at radius 3 is 1.26 bits per heavy atom. The maximum atomic E-state index is 2.49. The highest BCUT2D eigenvalue weighted by atomic mass is 28.3. The first-order valence-corrected chi connectivity index (χ1v) is 26.2. The van der Waals surface area contributed by atoms with Crippen molar-refractivity contribution >= 4 is 94.2 Å².